The third kappa shape index (κ3) is 63.4. The number of rotatable bonds is 82. The van der Waals surface area contributed by atoms with Crippen molar-refractivity contribution in [1.29, 1.82) is 0 Å². The number of ketones is 2. The number of hydrogen-bond acceptors (Lipinski definition) is 18. The Morgan fingerprint density at radius 2 is 0.802 bits per heavy atom. The van der Waals surface area contributed by atoms with E-state index in [0.717, 1.165) is 80.7 Å². The molecular formula is C95H172N6O18P2. The number of benzene rings is 1. The Labute approximate surface area is 732 Å². The van der Waals surface area contributed by atoms with Crippen molar-refractivity contribution in [1.82, 2.24) is 31.6 Å². The third-order valence-electron chi connectivity index (χ3n) is 21.7. The van der Waals surface area contributed by atoms with E-state index >= 15 is 0 Å². The third-order valence-corrected chi connectivity index (χ3v) is 24.5. The normalized spacial score (nSPS) is 14.1. The van der Waals surface area contributed by atoms with Crippen molar-refractivity contribution in [2.24, 2.45) is 5.92 Å². The molecule has 26 heteroatoms. The first-order chi connectivity index (χ1) is 58.3. The molecule has 0 saturated heterocycles. The number of para-hydroxylation sites is 1. The second-order valence-corrected chi connectivity index (χ2v) is 37.4. The molecule has 0 fully saturated rings. The fourth-order valence-electron chi connectivity index (χ4n) is 14.2. The predicted octanol–water partition coefficient (Wildman–Crippen LogP) is 23.0. The maximum atomic E-state index is 13.9. The summed E-state index contributed by atoms with van der Waals surface area (Å²) in [7, 11) is -8.51. The molecule has 2 rings (SSSR count). The predicted molar refractivity (Wildman–Crippen MR) is 491 cm³/mol. The maximum absolute atomic E-state index is 13.9. The number of unbranched alkanes of at least 4 members (excludes halogenated alkanes) is 36. The van der Waals surface area contributed by atoms with E-state index in [1.54, 1.807) is 27.0 Å². The van der Waals surface area contributed by atoms with Crippen molar-refractivity contribution in [3.8, 4) is 0 Å². The van der Waals surface area contributed by atoms with E-state index in [2.05, 4.69) is 72.4 Å². The average Bonchev–Trinajstić information content (AvgIpc) is 1.69. The minimum Gasteiger partial charge on any atom is -0.444 e. The van der Waals surface area contributed by atoms with E-state index in [-0.39, 0.29) is 107 Å². The summed E-state index contributed by atoms with van der Waals surface area (Å²) in [5, 5.41) is 36.0. The van der Waals surface area contributed by atoms with E-state index in [4.69, 9.17) is 31.9 Å². The summed E-state index contributed by atoms with van der Waals surface area (Å²) in [6, 6.07) is 4.71. The molecule has 0 aliphatic carbocycles. The van der Waals surface area contributed by atoms with Crippen LogP contribution in [0.3, 0.4) is 0 Å². The molecule has 8 atom stereocenters. The number of ether oxygens (including phenoxy) is 1. The lowest BCUT2D eigenvalue weighted by atomic mass is 9.98. The Bertz CT molecular complexity index is 3090. The van der Waals surface area contributed by atoms with Gasteiger partial charge in [-0.05, 0) is 89.7 Å². The number of amides is 5. The molecule has 8 N–H and O–H groups in total. The highest BCUT2D eigenvalue weighted by molar-refractivity contribution is 7.48. The van der Waals surface area contributed by atoms with Gasteiger partial charge in [-0.2, -0.15) is 0 Å². The summed E-state index contributed by atoms with van der Waals surface area (Å²) in [5.74, 6) is -2.04. The van der Waals surface area contributed by atoms with Gasteiger partial charge in [-0.1, -0.05) is 322 Å². The van der Waals surface area contributed by atoms with Gasteiger partial charge in [-0.25, -0.2) is 13.9 Å². The molecule has 700 valence electrons. The zero-order valence-electron chi connectivity index (χ0n) is 77.2. The number of phosphoric ester groups is 2. The molecule has 0 radical (unpaired) electrons. The van der Waals surface area contributed by atoms with Crippen molar-refractivity contribution < 1.29 is 84.8 Å². The first-order valence-corrected chi connectivity index (χ1v) is 50.6. The summed E-state index contributed by atoms with van der Waals surface area (Å²) >= 11 is 0. The van der Waals surface area contributed by atoms with Crippen LogP contribution in [0.4, 0.5) is 4.79 Å². The Morgan fingerprint density at radius 1 is 0.446 bits per heavy atom. The molecule has 4 unspecified atom stereocenters. The number of carbonyl (C=O) groups is 7. The van der Waals surface area contributed by atoms with Crippen LogP contribution in [0, 0.1) is 5.92 Å². The topological polar surface area (TPSA) is 335 Å². The fourth-order valence-corrected chi connectivity index (χ4v) is 16.5. The molecule has 1 aromatic carbocycles. The molecule has 0 spiro atoms. The van der Waals surface area contributed by atoms with Crippen LogP contribution in [-0.2, 0) is 76.2 Å². The largest absolute Gasteiger partial charge is 0.475 e. The zero-order valence-corrected chi connectivity index (χ0v) is 79.0. The number of aliphatic hydroxyl groups excluding tert-OH is 2. The summed E-state index contributed by atoms with van der Waals surface area (Å²) in [6.07, 6.45) is 55.0. The van der Waals surface area contributed by atoms with Crippen molar-refractivity contribution >= 4 is 67.8 Å². The minimum absolute atomic E-state index is 0.0287. The van der Waals surface area contributed by atoms with E-state index in [0.29, 0.717) is 57.8 Å². The van der Waals surface area contributed by atoms with Crippen LogP contribution in [0.2, 0.25) is 0 Å². The van der Waals surface area contributed by atoms with E-state index in [1.807, 2.05) is 38.1 Å². The number of alkyl carbamates (subject to hydrolysis) is 1. The summed E-state index contributed by atoms with van der Waals surface area (Å²) in [5.41, 5.74) is 1.07. The smallest absolute Gasteiger partial charge is 0.444 e. The summed E-state index contributed by atoms with van der Waals surface area (Å²) in [4.78, 5) is 94.8. The number of aromatic amines is 1. The lowest BCUT2D eigenvalue weighted by molar-refractivity contribution is -0.130. The van der Waals surface area contributed by atoms with Gasteiger partial charge >= 0.3 is 21.7 Å². The lowest BCUT2D eigenvalue weighted by Crippen LogP contribution is -2.51. The van der Waals surface area contributed by atoms with Gasteiger partial charge < -0.3 is 46.5 Å². The fraction of sp³-hybridized carbons (Fsp3) is 0.800. The van der Waals surface area contributed by atoms with E-state index < -0.39 is 76.8 Å². The van der Waals surface area contributed by atoms with Crippen LogP contribution in [0.5, 0.6) is 0 Å². The first-order valence-electron chi connectivity index (χ1n) is 47.7. The van der Waals surface area contributed by atoms with Crippen molar-refractivity contribution in [2.75, 3.05) is 52.7 Å². The van der Waals surface area contributed by atoms with Gasteiger partial charge in [-0.15, -0.1) is 13.2 Å². The van der Waals surface area contributed by atoms with E-state index in [1.165, 1.54) is 192 Å². The van der Waals surface area contributed by atoms with Crippen molar-refractivity contribution in [3.05, 3.63) is 61.3 Å². The quantitative estimate of drug-likeness (QED) is 0.0173. The number of H-pyrrole nitrogens is 1. The van der Waals surface area contributed by atoms with Crippen LogP contribution >= 0.6 is 15.6 Å². The van der Waals surface area contributed by atoms with Crippen LogP contribution in [0.25, 0.3) is 10.9 Å². The molecule has 24 nitrogen and oxygen atoms in total. The number of carbonyl (C=O) groups excluding carboxylic acids is 7. The van der Waals surface area contributed by atoms with Crippen LogP contribution in [0.15, 0.2) is 55.8 Å². The Kier molecular flexibility index (Phi) is 70.6. The van der Waals surface area contributed by atoms with Gasteiger partial charge in [0.25, 0.3) is 0 Å². The first kappa shape index (κ1) is 114. The average molecular weight is 1750 g/mol. The van der Waals surface area contributed by atoms with Gasteiger partial charge in [0.05, 0.1) is 58.3 Å². The van der Waals surface area contributed by atoms with Crippen molar-refractivity contribution in [3.63, 3.8) is 0 Å². The van der Waals surface area contributed by atoms with Crippen molar-refractivity contribution in [2.45, 2.75) is 432 Å². The number of phosphoric acid groups is 2. The number of fused-ring (bicyclic) bond motifs is 1. The van der Waals surface area contributed by atoms with Gasteiger partial charge in [0.1, 0.15) is 23.7 Å². The van der Waals surface area contributed by atoms with Gasteiger partial charge in [0.2, 0.25) is 23.6 Å². The second kappa shape index (κ2) is 75.1. The number of aromatic nitrogens is 1. The highest BCUT2D eigenvalue weighted by atomic mass is 31.2. The molecule has 0 bridgehead atoms. The summed E-state index contributed by atoms with van der Waals surface area (Å²) < 4.78 is 65.6. The molecule has 1 heterocycles. The molecule has 1 aromatic heterocycles. The highest BCUT2D eigenvalue weighted by Crippen LogP contribution is 2.50. The number of Topliss-reactive ketones (excluding diaryl/α,β-unsaturated/α-hetero) is 2. The molecule has 0 aliphatic heterocycles. The Balaban J connectivity index is 0.00000124. The molecule has 2 aromatic rings. The van der Waals surface area contributed by atoms with Crippen LogP contribution < -0.4 is 26.6 Å². The maximum Gasteiger partial charge on any atom is 0.475 e. The Hall–Kier alpha value is -5.13. The number of nitrogens with one attached hydrogen (secondary N) is 6. The van der Waals surface area contributed by atoms with Crippen LogP contribution in [-0.4, -0.2) is 145 Å². The minimum atomic E-state index is -4.31. The van der Waals surface area contributed by atoms with Gasteiger partial charge in [-0.3, -0.25) is 55.9 Å². The molecule has 0 saturated carbocycles. The SMILES string of the molecule is C=CCOP(=O)(OCCNC(=O)OC(C)(C)C)OC[C@H](NC(=O)CCCCCCCCCCC)C(=O)CCCC(O)CCCCCCCCCCCCC.C=CCOP(=O)(OCCNC(=O)[C@@H](NC(=O)Cc1c[nH]c2ccccc12)[C@@H](C)CC)OC[C@H](NC(=O)CCCCCCCCCCC)C(=O)CCCC(O)CCCCCCCCCCCCC. The molecule has 0 aliphatic rings. The highest BCUT2D eigenvalue weighted by Gasteiger charge is 2.34. The van der Waals surface area contributed by atoms with Gasteiger partial charge in [0, 0.05) is 55.9 Å². The summed E-state index contributed by atoms with van der Waals surface area (Å²) in [6.45, 7) is 23.4. The Morgan fingerprint density at radius 3 is 1.17 bits per heavy atom. The number of hydrogen-bond donors (Lipinski definition) is 8. The zero-order chi connectivity index (χ0) is 89.3. The molecule has 121 heavy (non-hydrogen) atoms. The van der Waals surface area contributed by atoms with E-state index in [9.17, 15) is 52.9 Å². The lowest BCUT2D eigenvalue weighted by Gasteiger charge is -2.24. The van der Waals surface area contributed by atoms with Crippen LogP contribution in [0.1, 0.15) is 395 Å². The van der Waals surface area contributed by atoms with Gasteiger partial charge in [0.15, 0.2) is 11.6 Å². The molecule has 5 amide bonds. The second-order valence-electron chi connectivity index (χ2n) is 34.1. The molecular weight excluding hydrogens is 1580 g/mol. The standard InChI is InChI=1S/C53H91N4O9P.C42H81N2O9P/c1-6-10-12-14-16-18-19-21-22-24-26-31-45(58)32-30-35-49(59)48(56-50(60)36-27-25-23-20-17-15-13-11-7-2)42-66-67(63,64-38-8-3)65-39-37-54-53(62)52(43(5)9-4)57-51(61)40-44-41-55-47-34-29-28-33-46(44)47;1-7-10-12-14-16-18-19-21-22-24-26-29-37(45)30-28-31-39(46)38(44-40(47)32-27-25-23-20-17-15-13-11-8-2)36-52-54(49,50-34-9-3)51-35-33-43-41(48)53-42(4,5)6/h8,28-29,33-34,41,43,45,48,52,55,58H,3,6-7,9-27,30-32,35-40,42H2,1-2,4-5H3,(H,54,62)(H,56,60)(H,57,61);9,37-38,45H,3,7-8,10-36H2,1-2,4-6H3,(H,43,48)(H,44,47)/t43-,45?,48-,52-,67?;37?,38-,54?/m00/s1. The monoisotopic (exact) mass is 1750 g/mol. The number of aliphatic hydroxyl groups is 2.